The fraction of sp³-hybridized carbons (Fsp3) is 0.250. The molecule has 0 saturated carbocycles. The molecule has 0 saturated heterocycles. The Bertz CT molecular complexity index is 873. The molecular weight excluding hydrogens is 350 g/mol. The van der Waals surface area contributed by atoms with Crippen molar-refractivity contribution >= 4 is 17.5 Å². The van der Waals surface area contributed by atoms with Crippen LogP contribution in [0.1, 0.15) is 36.8 Å². The Morgan fingerprint density at radius 1 is 1.15 bits per heavy atom. The molecule has 1 unspecified atom stereocenters. The van der Waals surface area contributed by atoms with Gasteiger partial charge in [0.15, 0.2) is 0 Å². The Balaban J connectivity index is 1.59. The van der Waals surface area contributed by atoms with Crippen molar-refractivity contribution in [2.45, 2.75) is 32.7 Å². The molecule has 0 spiro atoms. The Morgan fingerprint density at radius 3 is 2.50 bits per heavy atom. The number of hydrogen-bond donors (Lipinski definition) is 1. The Kier molecular flexibility index (Phi) is 5.68. The highest BCUT2D eigenvalue weighted by Crippen LogP contribution is 2.19. The molecule has 1 atom stereocenters. The summed E-state index contributed by atoms with van der Waals surface area (Å²) in [5, 5.41) is 7.42. The zero-order chi connectivity index (χ0) is 18.5. The van der Waals surface area contributed by atoms with E-state index < -0.39 is 0 Å². The minimum absolute atomic E-state index is 0.0829. The summed E-state index contributed by atoms with van der Waals surface area (Å²) < 4.78 is 5.21. The van der Waals surface area contributed by atoms with Crippen molar-refractivity contribution in [3.05, 3.63) is 70.6 Å². The van der Waals surface area contributed by atoms with Crippen LogP contribution >= 0.6 is 11.6 Å². The molecule has 5 nitrogen and oxygen atoms in total. The standard InChI is InChI=1S/C20H20ClN3O2/c1-3-14-4-6-15(7-5-14)13(2)20(25)22-12-18-23-19(24-26-18)16-8-10-17(21)11-9-16/h4-11,13H,3,12H2,1-2H3,(H,22,25). The van der Waals surface area contributed by atoms with Gasteiger partial charge >= 0.3 is 0 Å². The van der Waals surface area contributed by atoms with Crippen molar-refractivity contribution in [3.63, 3.8) is 0 Å². The monoisotopic (exact) mass is 369 g/mol. The average Bonchev–Trinajstić information content (AvgIpc) is 3.15. The number of nitrogens with zero attached hydrogens (tertiary/aromatic N) is 2. The first-order valence-corrected chi connectivity index (χ1v) is 8.89. The Labute approximate surface area is 157 Å². The maximum Gasteiger partial charge on any atom is 0.246 e. The summed E-state index contributed by atoms with van der Waals surface area (Å²) in [4.78, 5) is 16.7. The summed E-state index contributed by atoms with van der Waals surface area (Å²) in [6.07, 6.45) is 0.980. The molecule has 0 aliphatic heterocycles. The minimum Gasteiger partial charge on any atom is -0.346 e. The van der Waals surface area contributed by atoms with Crippen LogP contribution in [0.3, 0.4) is 0 Å². The highest BCUT2D eigenvalue weighted by molar-refractivity contribution is 6.30. The van der Waals surface area contributed by atoms with E-state index >= 15 is 0 Å². The molecule has 1 aromatic heterocycles. The lowest BCUT2D eigenvalue weighted by atomic mass is 9.98. The van der Waals surface area contributed by atoms with Gasteiger partial charge in [-0.15, -0.1) is 0 Å². The number of aryl methyl sites for hydroxylation is 1. The van der Waals surface area contributed by atoms with Crippen LogP contribution in [0, 0.1) is 0 Å². The number of benzene rings is 2. The first kappa shape index (κ1) is 18.1. The van der Waals surface area contributed by atoms with Gasteiger partial charge in [0.1, 0.15) is 0 Å². The number of aromatic nitrogens is 2. The lowest BCUT2D eigenvalue weighted by Crippen LogP contribution is -2.27. The van der Waals surface area contributed by atoms with E-state index in [2.05, 4.69) is 34.5 Å². The predicted molar refractivity (Wildman–Crippen MR) is 101 cm³/mol. The van der Waals surface area contributed by atoms with Crippen molar-refractivity contribution in [1.82, 2.24) is 15.5 Å². The summed E-state index contributed by atoms with van der Waals surface area (Å²) in [6, 6.07) is 15.3. The van der Waals surface area contributed by atoms with E-state index in [1.54, 1.807) is 12.1 Å². The molecule has 0 fully saturated rings. The molecule has 1 amide bonds. The maximum atomic E-state index is 12.4. The van der Waals surface area contributed by atoms with Crippen LogP contribution in [0.5, 0.6) is 0 Å². The number of rotatable bonds is 6. The van der Waals surface area contributed by atoms with E-state index in [9.17, 15) is 4.79 Å². The van der Waals surface area contributed by atoms with Gasteiger partial charge in [-0.25, -0.2) is 0 Å². The second kappa shape index (κ2) is 8.15. The van der Waals surface area contributed by atoms with Crippen molar-refractivity contribution in [1.29, 1.82) is 0 Å². The third-order valence-corrected chi connectivity index (χ3v) is 4.52. The molecule has 2 aromatic carbocycles. The van der Waals surface area contributed by atoms with E-state index in [0.29, 0.717) is 16.7 Å². The molecule has 0 aliphatic rings. The van der Waals surface area contributed by atoms with E-state index in [0.717, 1.165) is 17.5 Å². The molecule has 3 rings (SSSR count). The molecule has 6 heteroatoms. The normalized spacial score (nSPS) is 12.0. The van der Waals surface area contributed by atoms with Gasteiger partial charge in [0.2, 0.25) is 17.6 Å². The second-order valence-electron chi connectivity index (χ2n) is 6.05. The number of hydrogen-bond acceptors (Lipinski definition) is 4. The number of nitrogens with one attached hydrogen (secondary N) is 1. The maximum absolute atomic E-state index is 12.4. The molecule has 0 radical (unpaired) electrons. The van der Waals surface area contributed by atoms with Crippen molar-refractivity contribution in [2.75, 3.05) is 0 Å². The van der Waals surface area contributed by atoms with Crippen molar-refractivity contribution < 1.29 is 9.32 Å². The third-order valence-electron chi connectivity index (χ3n) is 4.27. The first-order chi connectivity index (χ1) is 12.6. The van der Waals surface area contributed by atoms with Gasteiger partial charge in [-0.2, -0.15) is 4.98 Å². The summed E-state index contributed by atoms with van der Waals surface area (Å²) in [5.74, 6) is 0.492. The zero-order valence-electron chi connectivity index (χ0n) is 14.7. The van der Waals surface area contributed by atoms with E-state index in [4.69, 9.17) is 16.1 Å². The van der Waals surface area contributed by atoms with Gasteiger partial charge in [-0.05, 0) is 48.7 Å². The molecule has 0 bridgehead atoms. The SMILES string of the molecule is CCc1ccc(C(C)C(=O)NCc2nc(-c3ccc(Cl)cc3)no2)cc1. The summed E-state index contributed by atoms with van der Waals surface area (Å²) in [6.45, 7) is 4.17. The van der Waals surface area contributed by atoms with Gasteiger partial charge in [0.25, 0.3) is 0 Å². The van der Waals surface area contributed by atoms with Crippen LogP contribution in [-0.4, -0.2) is 16.0 Å². The summed E-state index contributed by atoms with van der Waals surface area (Å²) >= 11 is 5.87. The van der Waals surface area contributed by atoms with E-state index in [1.807, 2.05) is 31.2 Å². The summed E-state index contributed by atoms with van der Waals surface area (Å²) in [7, 11) is 0. The van der Waals surface area contributed by atoms with Gasteiger partial charge < -0.3 is 9.84 Å². The lowest BCUT2D eigenvalue weighted by molar-refractivity contribution is -0.122. The summed E-state index contributed by atoms with van der Waals surface area (Å²) in [5.41, 5.74) is 3.04. The van der Waals surface area contributed by atoms with Gasteiger partial charge in [-0.1, -0.05) is 47.9 Å². The topological polar surface area (TPSA) is 68.0 Å². The number of halogens is 1. The molecule has 0 aliphatic carbocycles. The smallest absolute Gasteiger partial charge is 0.246 e. The molecule has 26 heavy (non-hydrogen) atoms. The Morgan fingerprint density at radius 2 is 1.85 bits per heavy atom. The number of amides is 1. The van der Waals surface area contributed by atoms with Crippen LogP contribution in [0.2, 0.25) is 5.02 Å². The fourth-order valence-electron chi connectivity index (χ4n) is 2.55. The van der Waals surface area contributed by atoms with Crippen LogP contribution in [0.25, 0.3) is 11.4 Å². The van der Waals surface area contributed by atoms with Gasteiger partial charge in [0, 0.05) is 10.6 Å². The predicted octanol–water partition coefficient (Wildman–Crippen LogP) is 4.37. The van der Waals surface area contributed by atoms with E-state index in [1.165, 1.54) is 5.56 Å². The van der Waals surface area contributed by atoms with Crippen molar-refractivity contribution in [2.24, 2.45) is 0 Å². The molecule has 134 valence electrons. The first-order valence-electron chi connectivity index (χ1n) is 8.52. The Hall–Kier alpha value is -2.66. The van der Waals surface area contributed by atoms with Gasteiger partial charge in [-0.3, -0.25) is 4.79 Å². The fourth-order valence-corrected chi connectivity index (χ4v) is 2.68. The van der Waals surface area contributed by atoms with Gasteiger partial charge in [0.05, 0.1) is 12.5 Å². The molecule has 1 heterocycles. The lowest BCUT2D eigenvalue weighted by Gasteiger charge is -2.12. The molecule has 3 aromatic rings. The highest BCUT2D eigenvalue weighted by Gasteiger charge is 2.16. The van der Waals surface area contributed by atoms with Crippen LogP contribution in [-0.2, 0) is 17.8 Å². The quantitative estimate of drug-likeness (QED) is 0.700. The van der Waals surface area contributed by atoms with Crippen LogP contribution in [0.15, 0.2) is 53.1 Å². The average molecular weight is 370 g/mol. The molecule has 1 N–H and O–H groups in total. The van der Waals surface area contributed by atoms with Crippen molar-refractivity contribution in [3.8, 4) is 11.4 Å². The number of carbonyl (C=O) groups excluding carboxylic acids is 1. The van der Waals surface area contributed by atoms with Crippen LogP contribution < -0.4 is 5.32 Å². The third kappa shape index (κ3) is 4.29. The number of carbonyl (C=O) groups is 1. The minimum atomic E-state index is -0.250. The highest BCUT2D eigenvalue weighted by atomic mass is 35.5. The van der Waals surface area contributed by atoms with E-state index in [-0.39, 0.29) is 18.4 Å². The largest absolute Gasteiger partial charge is 0.346 e. The van der Waals surface area contributed by atoms with Crippen LogP contribution in [0.4, 0.5) is 0 Å². The zero-order valence-corrected chi connectivity index (χ0v) is 15.5. The molecular formula is C20H20ClN3O2. The second-order valence-corrected chi connectivity index (χ2v) is 6.49.